The fraction of sp³-hybridized carbons (Fsp3) is 0.400. The van der Waals surface area contributed by atoms with Crippen LogP contribution in [0, 0.1) is 0 Å². The van der Waals surface area contributed by atoms with Crippen LogP contribution in [0.5, 0.6) is 0 Å². The average molecular weight is 442 g/mol. The van der Waals surface area contributed by atoms with Gasteiger partial charge in [0.15, 0.2) is 5.65 Å². The van der Waals surface area contributed by atoms with Gasteiger partial charge in [-0.1, -0.05) is 0 Å². The molecule has 3 aromatic heterocycles. The normalized spacial score (nSPS) is 17.4. The first kappa shape index (κ1) is 17.6. The quantitative estimate of drug-likeness (QED) is 0.653. The number of amides is 1. The highest BCUT2D eigenvalue weighted by Crippen LogP contribution is 2.32. The number of carbonyl (C=O) groups is 1. The molecule has 1 atom stereocenters. The van der Waals surface area contributed by atoms with Crippen LogP contribution in [0.25, 0.3) is 11.2 Å². The van der Waals surface area contributed by atoms with Crippen molar-refractivity contribution in [1.82, 2.24) is 19.9 Å². The Balaban J connectivity index is 1.43. The molecule has 1 amide bonds. The Morgan fingerprint density at radius 1 is 1.36 bits per heavy atom. The number of nitrogens with one attached hydrogen (secondary N) is 1. The highest BCUT2D eigenvalue weighted by atomic mass is 79.9. The molecule has 5 rings (SSSR count). The maximum absolute atomic E-state index is 12.4. The summed E-state index contributed by atoms with van der Waals surface area (Å²) in [6.45, 7) is 2.75. The van der Waals surface area contributed by atoms with Gasteiger partial charge in [-0.3, -0.25) is 9.88 Å². The van der Waals surface area contributed by atoms with E-state index in [1.54, 1.807) is 11.1 Å². The number of rotatable bonds is 3. The first-order valence-corrected chi connectivity index (χ1v) is 10.4. The summed E-state index contributed by atoms with van der Waals surface area (Å²) in [5.74, 6) is 0.820. The topological polar surface area (TPSA) is 84.0 Å². The van der Waals surface area contributed by atoms with Crippen molar-refractivity contribution in [2.45, 2.75) is 44.6 Å². The lowest BCUT2D eigenvalue weighted by molar-refractivity contribution is 0.146. The molecule has 0 radical (unpaired) electrons. The van der Waals surface area contributed by atoms with Gasteiger partial charge >= 0.3 is 6.09 Å². The number of imidazole rings is 1. The number of carbonyl (C=O) groups excluding carboxylic acids is 1. The maximum atomic E-state index is 12.4. The molecule has 7 nitrogen and oxygen atoms in total. The summed E-state index contributed by atoms with van der Waals surface area (Å²) >= 11 is 3.44. The van der Waals surface area contributed by atoms with Crippen molar-refractivity contribution in [3.63, 3.8) is 0 Å². The molecule has 0 saturated heterocycles. The molecule has 28 heavy (non-hydrogen) atoms. The third-order valence-electron chi connectivity index (χ3n) is 5.25. The molecule has 1 saturated carbocycles. The minimum absolute atomic E-state index is 0.00734. The number of pyridine rings is 2. The zero-order valence-corrected chi connectivity index (χ0v) is 17.1. The molecule has 1 N–H and O–H groups in total. The van der Waals surface area contributed by atoms with E-state index in [2.05, 4.69) is 37.8 Å². The third-order valence-corrected chi connectivity index (χ3v) is 5.68. The molecule has 0 spiro atoms. The number of aromatic amines is 1. The smallest absolute Gasteiger partial charge is 0.414 e. The second-order valence-corrected chi connectivity index (χ2v) is 8.32. The lowest BCUT2D eigenvalue weighted by Gasteiger charge is -2.28. The molecular weight excluding hydrogens is 422 g/mol. The highest BCUT2D eigenvalue weighted by molar-refractivity contribution is 9.10. The molecule has 1 aliphatic heterocycles. The van der Waals surface area contributed by atoms with E-state index in [0.717, 1.165) is 58.6 Å². The largest absolute Gasteiger partial charge is 0.446 e. The second-order valence-electron chi connectivity index (χ2n) is 7.41. The number of H-pyrrole nitrogens is 1. The SMILES string of the molecule is CC(c1ccc2c(n1)CCCN2C(=O)OC1CC1)c1nc2ncc(Br)cc2[nH]1. The molecular formula is C20H20BrN5O2. The Morgan fingerprint density at radius 2 is 2.21 bits per heavy atom. The van der Waals surface area contributed by atoms with Crippen molar-refractivity contribution >= 4 is 38.9 Å². The maximum Gasteiger partial charge on any atom is 0.414 e. The Morgan fingerprint density at radius 3 is 3.04 bits per heavy atom. The standard InChI is InChI=1S/C20H20BrN5O2/c1-11(18-24-16-9-12(21)10-22-19(16)25-18)14-6-7-17-15(23-14)3-2-8-26(17)20(27)28-13-4-5-13/h6-7,9-11,13H,2-5,8H2,1H3,(H,22,24,25). The van der Waals surface area contributed by atoms with E-state index in [0.29, 0.717) is 12.2 Å². The van der Waals surface area contributed by atoms with Gasteiger partial charge in [0.25, 0.3) is 0 Å². The summed E-state index contributed by atoms with van der Waals surface area (Å²) in [6, 6.07) is 5.93. The van der Waals surface area contributed by atoms with E-state index in [1.807, 2.05) is 18.2 Å². The van der Waals surface area contributed by atoms with Crippen LogP contribution in [-0.2, 0) is 11.2 Å². The van der Waals surface area contributed by atoms with Gasteiger partial charge in [-0.15, -0.1) is 0 Å². The van der Waals surface area contributed by atoms with Crippen molar-refractivity contribution in [3.8, 4) is 0 Å². The Labute approximate surface area is 170 Å². The molecule has 1 unspecified atom stereocenters. The van der Waals surface area contributed by atoms with Crippen molar-refractivity contribution in [2.75, 3.05) is 11.4 Å². The molecule has 0 bridgehead atoms. The van der Waals surface area contributed by atoms with Crippen LogP contribution in [0.3, 0.4) is 0 Å². The molecule has 1 aliphatic carbocycles. The van der Waals surface area contributed by atoms with Crippen molar-refractivity contribution in [1.29, 1.82) is 0 Å². The lowest BCUT2D eigenvalue weighted by Crippen LogP contribution is -2.36. The van der Waals surface area contributed by atoms with Crippen LogP contribution >= 0.6 is 15.9 Å². The number of aryl methyl sites for hydroxylation is 1. The number of hydrogen-bond donors (Lipinski definition) is 1. The highest BCUT2D eigenvalue weighted by Gasteiger charge is 2.31. The van der Waals surface area contributed by atoms with E-state index in [9.17, 15) is 4.79 Å². The van der Waals surface area contributed by atoms with Gasteiger partial charge in [0, 0.05) is 17.2 Å². The van der Waals surface area contributed by atoms with Crippen molar-refractivity contribution in [3.05, 3.63) is 46.1 Å². The van der Waals surface area contributed by atoms with Gasteiger partial charge in [-0.2, -0.15) is 0 Å². The van der Waals surface area contributed by atoms with E-state index in [-0.39, 0.29) is 18.1 Å². The molecule has 3 aromatic rings. The summed E-state index contributed by atoms with van der Waals surface area (Å²) in [4.78, 5) is 31.3. The molecule has 1 fully saturated rings. The van der Waals surface area contributed by atoms with Crippen LogP contribution in [0.15, 0.2) is 28.9 Å². The number of hydrogen-bond acceptors (Lipinski definition) is 5. The third kappa shape index (κ3) is 3.26. The Hall–Kier alpha value is -2.48. The number of nitrogens with zero attached hydrogens (tertiary/aromatic N) is 4. The molecule has 0 aromatic carbocycles. The van der Waals surface area contributed by atoms with Crippen LogP contribution in [0.1, 0.15) is 49.3 Å². The zero-order chi connectivity index (χ0) is 19.3. The van der Waals surface area contributed by atoms with Gasteiger partial charge in [-0.25, -0.2) is 14.8 Å². The lowest BCUT2D eigenvalue weighted by atomic mass is 10.0. The number of anilines is 1. The van der Waals surface area contributed by atoms with Gasteiger partial charge in [-0.05, 0) is 66.7 Å². The van der Waals surface area contributed by atoms with Crippen LogP contribution in [0.2, 0.25) is 0 Å². The molecule has 2 aliphatic rings. The van der Waals surface area contributed by atoms with E-state index in [1.165, 1.54) is 0 Å². The number of halogens is 1. The van der Waals surface area contributed by atoms with Gasteiger partial charge in [0.1, 0.15) is 11.9 Å². The number of aromatic nitrogens is 4. The van der Waals surface area contributed by atoms with Crippen molar-refractivity contribution < 1.29 is 9.53 Å². The Kier molecular flexibility index (Phi) is 4.30. The van der Waals surface area contributed by atoms with Gasteiger partial charge in [0.05, 0.1) is 28.5 Å². The molecule has 144 valence electrons. The summed E-state index contributed by atoms with van der Waals surface area (Å²) in [5.41, 5.74) is 4.32. The second kappa shape index (κ2) is 6.84. The summed E-state index contributed by atoms with van der Waals surface area (Å²) in [6.07, 6.45) is 5.29. The molecule has 4 heterocycles. The zero-order valence-electron chi connectivity index (χ0n) is 15.5. The minimum Gasteiger partial charge on any atom is -0.446 e. The summed E-state index contributed by atoms with van der Waals surface area (Å²) in [5, 5.41) is 0. The predicted octanol–water partition coefficient (Wildman–Crippen LogP) is 4.32. The first-order chi connectivity index (χ1) is 13.6. The first-order valence-electron chi connectivity index (χ1n) is 9.57. The van der Waals surface area contributed by atoms with E-state index in [4.69, 9.17) is 9.72 Å². The van der Waals surface area contributed by atoms with Crippen molar-refractivity contribution in [2.24, 2.45) is 0 Å². The summed E-state index contributed by atoms with van der Waals surface area (Å²) < 4.78 is 6.39. The van der Waals surface area contributed by atoms with Gasteiger partial charge in [0.2, 0.25) is 0 Å². The average Bonchev–Trinajstić information content (AvgIpc) is 3.41. The van der Waals surface area contributed by atoms with Gasteiger partial charge < -0.3 is 9.72 Å². The van der Waals surface area contributed by atoms with E-state index >= 15 is 0 Å². The minimum atomic E-state index is -0.250. The van der Waals surface area contributed by atoms with Crippen LogP contribution in [0.4, 0.5) is 10.5 Å². The fourth-order valence-electron chi connectivity index (χ4n) is 3.53. The fourth-order valence-corrected chi connectivity index (χ4v) is 3.86. The monoisotopic (exact) mass is 441 g/mol. The predicted molar refractivity (Wildman–Crippen MR) is 109 cm³/mol. The molecule has 8 heteroatoms. The number of ether oxygens (including phenoxy) is 1. The Bertz CT molecular complexity index is 1060. The van der Waals surface area contributed by atoms with E-state index < -0.39 is 0 Å². The summed E-state index contributed by atoms with van der Waals surface area (Å²) in [7, 11) is 0. The van der Waals surface area contributed by atoms with Crippen LogP contribution < -0.4 is 4.90 Å². The number of fused-ring (bicyclic) bond motifs is 2. The van der Waals surface area contributed by atoms with Crippen LogP contribution in [-0.4, -0.2) is 38.7 Å².